The third-order valence-electron chi connectivity index (χ3n) is 2.71. The van der Waals surface area contributed by atoms with Crippen molar-refractivity contribution in [3.05, 3.63) is 53.3 Å². The van der Waals surface area contributed by atoms with E-state index in [0.29, 0.717) is 11.4 Å². The van der Waals surface area contributed by atoms with E-state index in [4.69, 9.17) is 11.6 Å². The summed E-state index contributed by atoms with van der Waals surface area (Å²) in [6, 6.07) is 10.6. The van der Waals surface area contributed by atoms with Crippen LogP contribution in [0.3, 0.4) is 0 Å². The van der Waals surface area contributed by atoms with Crippen LogP contribution in [0.4, 0.5) is 5.82 Å². The Balaban J connectivity index is 1.92. The molecule has 0 aliphatic rings. The van der Waals surface area contributed by atoms with E-state index in [1.807, 2.05) is 18.2 Å². The largest absolute Gasteiger partial charge is 0.361 e. The molecule has 2 N–H and O–H groups in total. The summed E-state index contributed by atoms with van der Waals surface area (Å²) < 4.78 is 0. The van der Waals surface area contributed by atoms with E-state index >= 15 is 0 Å². The molecule has 0 saturated heterocycles. The first-order valence-corrected chi connectivity index (χ1v) is 5.98. The minimum Gasteiger partial charge on any atom is -0.361 e. The van der Waals surface area contributed by atoms with E-state index in [1.54, 1.807) is 24.4 Å². The van der Waals surface area contributed by atoms with Crippen LogP contribution in [0.25, 0.3) is 10.9 Å². The standard InChI is InChI=1S/C13H9ClN4O/c14-10-4-5-11(18-17-10)16-13(19)9-3-1-2-8-6-7-15-12(8)9/h1-7,15H,(H,16,18,19). The first kappa shape index (κ1) is 11.7. The lowest BCUT2D eigenvalue weighted by atomic mass is 10.1. The summed E-state index contributed by atoms with van der Waals surface area (Å²) in [4.78, 5) is 15.2. The van der Waals surface area contributed by atoms with E-state index in [2.05, 4.69) is 20.5 Å². The third kappa shape index (κ3) is 2.28. The van der Waals surface area contributed by atoms with Crippen LogP contribution in [0, 0.1) is 0 Å². The first-order chi connectivity index (χ1) is 9.24. The summed E-state index contributed by atoms with van der Waals surface area (Å²) in [5.41, 5.74) is 1.35. The van der Waals surface area contributed by atoms with Crippen molar-refractivity contribution >= 4 is 34.2 Å². The van der Waals surface area contributed by atoms with Crippen LogP contribution in [0.5, 0.6) is 0 Å². The number of hydrogen-bond donors (Lipinski definition) is 2. The van der Waals surface area contributed by atoms with Crippen molar-refractivity contribution in [3.8, 4) is 0 Å². The summed E-state index contributed by atoms with van der Waals surface area (Å²) in [6.07, 6.45) is 1.80. The molecule has 2 aromatic heterocycles. The second-order valence-corrected chi connectivity index (χ2v) is 4.33. The third-order valence-corrected chi connectivity index (χ3v) is 2.91. The van der Waals surface area contributed by atoms with Crippen LogP contribution in [0.1, 0.15) is 10.4 Å². The Hall–Kier alpha value is -2.40. The normalized spacial score (nSPS) is 10.6. The Morgan fingerprint density at radius 3 is 2.84 bits per heavy atom. The maximum atomic E-state index is 12.2. The molecule has 1 amide bonds. The number of amides is 1. The van der Waals surface area contributed by atoms with Crippen molar-refractivity contribution in [1.29, 1.82) is 0 Å². The molecule has 2 heterocycles. The molecule has 0 aliphatic carbocycles. The van der Waals surface area contributed by atoms with Gasteiger partial charge in [0, 0.05) is 11.6 Å². The van der Waals surface area contributed by atoms with Gasteiger partial charge in [0.1, 0.15) is 0 Å². The van der Waals surface area contributed by atoms with Crippen LogP contribution in [0.15, 0.2) is 42.6 Å². The fourth-order valence-corrected chi connectivity index (χ4v) is 1.94. The van der Waals surface area contributed by atoms with Gasteiger partial charge in [0.25, 0.3) is 5.91 Å². The van der Waals surface area contributed by atoms with Crippen molar-refractivity contribution in [3.63, 3.8) is 0 Å². The van der Waals surface area contributed by atoms with Gasteiger partial charge in [-0.2, -0.15) is 0 Å². The van der Waals surface area contributed by atoms with Gasteiger partial charge in [-0.1, -0.05) is 23.7 Å². The number of hydrogen-bond acceptors (Lipinski definition) is 3. The van der Waals surface area contributed by atoms with Gasteiger partial charge >= 0.3 is 0 Å². The number of carbonyl (C=O) groups excluding carboxylic acids is 1. The molecule has 0 spiro atoms. The number of nitrogens with one attached hydrogen (secondary N) is 2. The molecule has 0 fully saturated rings. The van der Waals surface area contributed by atoms with Gasteiger partial charge in [-0.15, -0.1) is 10.2 Å². The number of carbonyl (C=O) groups is 1. The molecule has 0 bridgehead atoms. The molecular formula is C13H9ClN4O. The molecular weight excluding hydrogens is 264 g/mol. The first-order valence-electron chi connectivity index (χ1n) is 5.61. The Bertz CT molecular complexity index is 736. The van der Waals surface area contributed by atoms with Crippen molar-refractivity contribution in [2.45, 2.75) is 0 Å². The summed E-state index contributed by atoms with van der Waals surface area (Å²) in [5.74, 6) is 0.114. The zero-order valence-electron chi connectivity index (χ0n) is 9.72. The Morgan fingerprint density at radius 1 is 1.16 bits per heavy atom. The Kier molecular flexibility index (Phi) is 2.89. The molecule has 3 aromatic rings. The number of H-pyrrole nitrogens is 1. The predicted octanol–water partition coefficient (Wildman–Crippen LogP) is 2.86. The molecule has 0 aliphatic heterocycles. The zero-order chi connectivity index (χ0) is 13.2. The monoisotopic (exact) mass is 272 g/mol. The van der Waals surface area contributed by atoms with Crippen LogP contribution in [0.2, 0.25) is 5.15 Å². The van der Waals surface area contributed by atoms with Gasteiger partial charge < -0.3 is 10.3 Å². The van der Waals surface area contributed by atoms with Crippen molar-refractivity contribution < 1.29 is 4.79 Å². The molecule has 5 nitrogen and oxygen atoms in total. The predicted molar refractivity (Wildman–Crippen MR) is 73.3 cm³/mol. The molecule has 0 atom stereocenters. The van der Waals surface area contributed by atoms with Crippen molar-refractivity contribution in [1.82, 2.24) is 15.2 Å². The molecule has 3 rings (SSSR count). The van der Waals surface area contributed by atoms with E-state index in [9.17, 15) is 4.79 Å². The van der Waals surface area contributed by atoms with E-state index in [-0.39, 0.29) is 11.1 Å². The highest BCUT2D eigenvalue weighted by molar-refractivity contribution is 6.29. The number of aromatic amines is 1. The molecule has 94 valence electrons. The summed E-state index contributed by atoms with van der Waals surface area (Å²) in [5, 5.41) is 11.4. The number of anilines is 1. The highest BCUT2D eigenvalue weighted by Crippen LogP contribution is 2.18. The maximum Gasteiger partial charge on any atom is 0.258 e. The highest BCUT2D eigenvalue weighted by Gasteiger charge is 2.11. The lowest BCUT2D eigenvalue weighted by Gasteiger charge is -2.04. The molecule has 0 unspecified atom stereocenters. The van der Waals surface area contributed by atoms with E-state index < -0.39 is 0 Å². The second-order valence-electron chi connectivity index (χ2n) is 3.94. The SMILES string of the molecule is O=C(Nc1ccc(Cl)nn1)c1cccc2cc[nH]c12. The quantitative estimate of drug-likeness (QED) is 0.753. The number of benzene rings is 1. The van der Waals surface area contributed by atoms with Crippen molar-refractivity contribution in [2.75, 3.05) is 5.32 Å². The number of nitrogens with zero attached hydrogens (tertiary/aromatic N) is 2. The van der Waals surface area contributed by atoms with E-state index in [1.165, 1.54) is 0 Å². The number of rotatable bonds is 2. The number of aromatic nitrogens is 3. The van der Waals surface area contributed by atoms with Crippen molar-refractivity contribution in [2.24, 2.45) is 0 Å². The van der Waals surface area contributed by atoms with Gasteiger partial charge in [-0.25, -0.2) is 0 Å². The fraction of sp³-hybridized carbons (Fsp3) is 0. The lowest BCUT2D eigenvalue weighted by Crippen LogP contribution is -2.13. The van der Waals surface area contributed by atoms with Gasteiger partial charge in [0.05, 0.1) is 11.1 Å². The molecule has 1 aromatic carbocycles. The van der Waals surface area contributed by atoms with Gasteiger partial charge in [-0.3, -0.25) is 4.79 Å². The minimum atomic E-state index is -0.246. The molecule has 19 heavy (non-hydrogen) atoms. The van der Waals surface area contributed by atoms with Gasteiger partial charge in [-0.05, 0) is 24.3 Å². The lowest BCUT2D eigenvalue weighted by molar-refractivity contribution is 0.102. The number of para-hydroxylation sites is 1. The van der Waals surface area contributed by atoms with Crippen LogP contribution >= 0.6 is 11.6 Å². The average molecular weight is 273 g/mol. The average Bonchev–Trinajstić information content (AvgIpc) is 2.89. The summed E-state index contributed by atoms with van der Waals surface area (Å²) in [7, 11) is 0. The second kappa shape index (κ2) is 4.70. The van der Waals surface area contributed by atoms with Crippen LogP contribution in [-0.4, -0.2) is 21.1 Å². The van der Waals surface area contributed by atoms with Gasteiger partial charge in [0.15, 0.2) is 11.0 Å². The molecule has 6 heteroatoms. The fourth-order valence-electron chi connectivity index (χ4n) is 1.84. The Labute approximate surface area is 113 Å². The van der Waals surface area contributed by atoms with Gasteiger partial charge in [0.2, 0.25) is 0 Å². The van der Waals surface area contributed by atoms with E-state index in [0.717, 1.165) is 10.9 Å². The highest BCUT2D eigenvalue weighted by atomic mass is 35.5. The minimum absolute atomic E-state index is 0.246. The molecule has 0 saturated carbocycles. The topological polar surface area (TPSA) is 70.7 Å². The molecule has 0 radical (unpaired) electrons. The number of halogens is 1. The summed E-state index contributed by atoms with van der Waals surface area (Å²) in [6.45, 7) is 0. The smallest absolute Gasteiger partial charge is 0.258 e. The zero-order valence-corrected chi connectivity index (χ0v) is 10.5. The van der Waals surface area contributed by atoms with Crippen LogP contribution in [-0.2, 0) is 0 Å². The Morgan fingerprint density at radius 2 is 2.05 bits per heavy atom. The number of fused-ring (bicyclic) bond motifs is 1. The maximum absolute atomic E-state index is 12.2. The van der Waals surface area contributed by atoms with Crippen LogP contribution < -0.4 is 5.32 Å². The summed E-state index contributed by atoms with van der Waals surface area (Å²) >= 11 is 5.64.